The second-order valence-corrected chi connectivity index (χ2v) is 8.07. The van der Waals surface area contributed by atoms with E-state index in [4.69, 9.17) is 0 Å². The highest BCUT2D eigenvalue weighted by Crippen LogP contribution is 2.40. The monoisotopic (exact) mass is 434 g/mol. The third kappa shape index (κ3) is 4.43. The Morgan fingerprint density at radius 2 is 1.61 bits per heavy atom. The molecule has 0 radical (unpaired) electrons. The first-order valence-corrected chi connectivity index (χ1v) is 10.6. The van der Waals surface area contributed by atoms with Crippen LogP contribution in [0, 0.1) is 0 Å². The first-order valence-electron chi connectivity index (χ1n) is 10.6. The number of nitrogens with zero attached hydrogens (tertiary/aromatic N) is 3. The Kier molecular flexibility index (Phi) is 6.54. The minimum Gasteiger partial charge on any atom is -0.310 e. The van der Waals surface area contributed by atoms with Crippen LogP contribution in [0.15, 0.2) is 79.0 Å². The molecule has 0 aliphatic carbocycles. The smallest absolute Gasteiger partial charge is 0.310 e. The van der Waals surface area contributed by atoms with Gasteiger partial charge in [-0.1, -0.05) is 54.6 Å². The number of likely N-dealkylation sites (tertiary alicyclic amines) is 1. The molecule has 6 heteroatoms. The molecule has 5 rings (SSSR count). The van der Waals surface area contributed by atoms with Gasteiger partial charge in [0.1, 0.15) is 0 Å². The maximum Gasteiger partial charge on any atom is 0.322 e. The van der Waals surface area contributed by atoms with Gasteiger partial charge in [0.2, 0.25) is 0 Å². The Balaban J connectivity index is 0.00000231. The van der Waals surface area contributed by atoms with Crippen LogP contribution in [0.4, 0.5) is 10.5 Å². The van der Waals surface area contributed by atoms with Gasteiger partial charge in [-0.05, 0) is 36.6 Å². The van der Waals surface area contributed by atoms with Gasteiger partial charge in [0.25, 0.3) is 0 Å². The topological polar surface area (TPSA) is 48.5 Å². The molecule has 1 aromatic heterocycles. The van der Waals surface area contributed by atoms with Crippen LogP contribution in [0.2, 0.25) is 0 Å². The molecule has 1 atom stereocenters. The molecule has 1 unspecified atom stereocenters. The van der Waals surface area contributed by atoms with E-state index in [-0.39, 0.29) is 30.5 Å². The third-order valence-electron chi connectivity index (χ3n) is 6.19. The summed E-state index contributed by atoms with van der Waals surface area (Å²) < 4.78 is 0. The molecule has 1 fully saturated rings. The number of pyridine rings is 1. The first-order chi connectivity index (χ1) is 14.8. The highest BCUT2D eigenvalue weighted by molar-refractivity contribution is 5.93. The van der Waals surface area contributed by atoms with E-state index in [0.29, 0.717) is 0 Å². The van der Waals surface area contributed by atoms with Crippen molar-refractivity contribution in [2.75, 3.05) is 18.4 Å². The molecular weight excluding hydrogens is 408 g/mol. The van der Waals surface area contributed by atoms with Gasteiger partial charge in [0, 0.05) is 43.1 Å². The fraction of sp³-hybridized carbons (Fsp3) is 0.280. The Bertz CT molecular complexity index is 1010. The molecule has 3 heterocycles. The molecule has 2 aliphatic heterocycles. The van der Waals surface area contributed by atoms with E-state index < -0.39 is 0 Å². The highest BCUT2D eigenvalue weighted by Gasteiger charge is 2.38. The number of carbonyl (C=O) groups is 1. The van der Waals surface area contributed by atoms with Crippen molar-refractivity contribution in [1.82, 2.24) is 14.8 Å². The second kappa shape index (κ2) is 9.50. The zero-order valence-electron chi connectivity index (χ0n) is 17.4. The Labute approximate surface area is 189 Å². The summed E-state index contributed by atoms with van der Waals surface area (Å²) in [5.74, 6) is 0. The minimum atomic E-state index is -0.0523. The van der Waals surface area contributed by atoms with Crippen molar-refractivity contribution in [3.8, 4) is 0 Å². The standard InChI is InChI=1S/C25H26N4O.ClH/c30-25-27-23-12-5-4-11-22(23)24(19-8-2-1-3-9-19)29(25)21-13-16-28(17-14-21)18-20-10-6-7-15-26-20;/h1-12,15,21,24H,13-14,16-18H2,(H,27,30);1H. The fourth-order valence-electron chi connectivity index (χ4n) is 4.72. The van der Waals surface area contributed by atoms with E-state index in [0.717, 1.165) is 49.4 Å². The first kappa shape index (κ1) is 21.3. The molecule has 2 aliphatic rings. The molecule has 0 spiro atoms. The number of aromatic nitrogens is 1. The number of benzene rings is 2. The summed E-state index contributed by atoms with van der Waals surface area (Å²) >= 11 is 0. The van der Waals surface area contributed by atoms with Gasteiger partial charge in [-0.15, -0.1) is 12.4 Å². The molecule has 0 saturated carbocycles. The molecule has 2 amide bonds. The molecular formula is C25H27ClN4O. The van der Waals surface area contributed by atoms with E-state index in [1.807, 2.05) is 36.5 Å². The van der Waals surface area contributed by atoms with Crippen molar-refractivity contribution in [1.29, 1.82) is 0 Å². The number of fused-ring (bicyclic) bond motifs is 1. The molecule has 31 heavy (non-hydrogen) atoms. The number of amides is 2. The summed E-state index contributed by atoms with van der Waals surface area (Å²) in [7, 11) is 0. The number of rotatable bonds is 4. The molecule has 0 bridgehead atoms. The molecule has 160 valence electrons. The summed E-state index contributed by atoms with van der Waals surface area (Å²) in [6.07, 6.45) is 3.78. The molecule has 3 aromatic rings. The minimum absolute atomic E-state index is 0. The number of anilines is 1. The van der Waals surface area contributed by atoms with Crippen molar-refractivity contribution in [3.05, 3.63) is 95.8 Å². The lowest BCUT2D eigenvalue weighted by atomic mass is 9.90. The maximum atomic E-state index is 13.2. The maximum absolute atomic E-state index is 13.2. The third-order valence-corrected chi connectivity index (χ3v) is 6.19. The summed E-state index contributed by atoms with van der Waals surface area (Å²) in [5, 5.41) is 3.12. The Morgan fingerprint density at radius 3 is 2.35 bits per heavy atom. The van der Waals surface area contributed by atoms with Crippen LogP contribution < -0.4 is 5.32 Å². The van der Waals surface area contributed by atoms with Gasteiger partial charge in [0.15, 0.2) is 0 Å². The lowest BCUT2D eigenvalue weighted by Gasteiger charge is -2.45. The van der Waals surface area contributed by atoms with Gasteiger partial charge < -0.3 is 10.2 Å². The van der Waals surface area contributed by atoms with Gasteiger partial charge >= 0.3 is 6.03 Å². The summed E-state index contributed by atoms with van der Waals surface area (Å²) in [5.41, 5.74) is 4.35. The zero-order valence-corrected chi connectivity index (χ0v) is 18.2. The van der Waals surface area contributed by atoms with E-state index in [9.17, 15) is 4.79 Å². The average Bonchev–Trinajstić information content (AvgIpc) is 2.80. The number of urea groups is 1. The summed E-state index contributed by atoms with van der Waals surface area (Å²) in [4.78, 5) is 22.2. The lowest BCUT2D eigenvalue weighted by molar-refractivity contribution is 0.105. The van der Waals surface area contributed by atoms with E-state index in [1.54, 1.807) is 0 Å². The predicted octanol–water partition coefficient (Wildman–Crippen LogP) is 5.10. The largest absolute Gasteiger partial charge is 0.322 e. The van der Waals surface area contributed by atoms with Crippen LogP contribution >= 0.6 is 12.4 Å². The van der Waals surface area contributed by atoms with Crippen molar-refractivity contribution in [3.63, 3.8) is 0 Å². The van der Waals surface area contributed by atoms with Crippen molar-refractivity contribution >= 4 is 24.1 Å². The van der Waals surface area contributed by atoms with Gasteiger partial charge in [-0.2, -0.15) is 0 Å². The van der Waals surface area contributed by atoms with Crippen LogP contribution in [0.3, 0.4) is 0 Å². The van der Waals surface area contributed by atoms with Crippen molar-refractivity contribution in [2.24, 2.45) is 0 Å². The van der Waals surface area contributed by atoms with Crippen LogP contribution in [0.5, 0.6) is 0 Å². The zero-order chi connectivity index (χ0) is 20.3. The SMILES string of the molecule is Cl.O=C1Nc2ccccc2C(c2ccccc2)N1C1CCN(Cc2ccccn2)CC1. The predicted molar refractivity (Wildman–Crippen MR) is 125 cm³/mol. The second-order valence-electron chi connectivity index (χ2n) is 8.07. The molecule has 5 nitrogen and oxygen atoms in total. The van der Waals surface area contributed by atoms with Crippen LogP contribution in [-0.2, 0) is 6.54 Å². The fourth-order valence-corrected chi connectivity index (χ4v) is 4.72. The van der Waals surface area contributed by atoms with E-state index >= 15 is 0 Å². The van der Waals surface area contributed by atoms with Crippen molar-refractivity contribution in [2.45, 2.75) is 31.5 Å². The number of halogens is 1. The number of hydrogen-bond acceptors (Lipinski definition) is 3. The lowest BCUT2D eigenvalue weighted by Crippen LogP contribution is -2.52. The quantitative estimate of drug-likeness (QED) is 0.621. The number of hydrogen-bond donors (Lipinski definition) is 1. The molecule has 1 saturated heterocycles. The number of carbonyl (C=O) groups excluding carboxylic acids is 1. The Morgan fingerprint density at radius 1 is 0.903 bits per heavy atom. The van der Waals surface area contributed by atoms with Crippen LogP contribution in [-0.4, -0.2) is 39.9 Å². The highest BCUT2D eigenvalue weighted by atomic mass is 35.5. The number of para-hydroxylation sites is 1. The van der Waals surface area contributed by atoms with E-state index in [1.165, 1.54) is 5.56 Å². The van der Waals surface area contributed by atoms with Gasteiger partial charge in [-0.25, -0.2) is 4.79 Å². The normalized spacial score (nSPS) is 19.3. The van der Waals surface area contributed by atoms with Gasteiger partial charge in [0.05, 0.1) is 11.7 Å². The van der Waals surface area contributed by atoms with E-state index in [2.05, 4.69) is 62.6 Å². The number of piperidine rings is 1. The number of nitrogens with one attached hydrogen (secondary N) is 1. The average molecular weight is 435 g/mol. The summed E-state index contributed by atoms with van der Waals surface area (Å²) in [6, 6.07) is 24.8. The van der Waals surface area contributed by atoms with Crippen LogP contribution in [0.25, 0.3) is 0 Å². The summed E-state index contributed by atoms with van der Waals surface area (Å²) in [6.45, 7) is 2.80. The van der Waals surface area contributed by atoms with Gasteiger partial charge in [-0.3, -0.25) is 9.88 Å². The Hall–Kier alpha value is -2.89. The molecule has 1 N–H and O–H groups in total. The molecule has 2 aromatic carbocycles. The van der Waals surface area contributed by atoms with Crippen LogP contribution in [0.1, 0.15) is 35.7 Å². The van der Waals surface area contributed by atoms with Crippen molar-refractivity contribution < 1.29 is 4.79 Å².